The van der Waals surface area contributed by atoms with Gasteiger partial charge in [-0.3, -0.25) is 4.79 Å². The van der Waals surface area contributed by atoms with E-state index < -0.39 is 5.97 Å². The van der Waals surface area contributed by atoms with Crippen LogP contribution in [0.2, 0.25) is 0 Å². The van der Waals surface area contributed by atoms with Crippen molar-refractivity contribution in [2.75, 3.05) is 6.54 Å². The summed E-state index contributed by atoms with van der Waals surface area (Å²) in [5.74, 6) is -0.110. The summed E-state index contributed by atoms with van der Waals surface area (Å²) in [6, 6.07) is 0.151. The molecule has 1 aliphatic rings. The average molecular weight is 256 g/mol. The molecule has 0 saturated heterocycles. The Morgan fingerprint density at radius 2 is 2.00 bits per heavy atom. The third-order valence-corrected chi connectivity index (χ3v) is 3.57. The molecule has 0 spiro atoms. The molecule has 1 atom stereocenters. The van der Waals surface area contributed by atoms with Crippen molar-refractivity contribution in [1.82, 2.24) is 10.6 Å². The normalized spacial score (nSPS) is 16.7. The fraction of sp³-hybridized carbons (Fsp3) is 0.846. The molecule has 1 aliphatic carbocycles. The van der Waals surface area contributed by atoms with E-state index >= 15 is 0 Å². The molecule has 18 heavy (non-hydrogen) atoms. The molecule has 0 aromatic carbocycles. The topological polar surface area (TPSA) is 78.4 Å². The van der Waals surface area contributed by atoms with Crippen molar-refractivity contribution in [3.8, 4) is 0 Å². The van der Waals surface area contributed by atoms with Crippen LogP contribution in [0.25, 0.3) is 0 Å². The van der Waals surface area contributed by atoms with E-state index in [0.29, 0.717) is 18.9 Å². The maximum Gasteiger partial charge on any atom is 0.315 e. The number of aliphatic carboxylic acids is 1. The van der Waals surface area contributed by atoms with E-state index in [1.807, 2.05) is 0 Å². The molecule has 0 aliphatic heterocycles. The van der Waals surface area contributed by atoms with Crippen LogP contribution >= 0.6 is 0 Å². The Labute approximate surface area is 108 Å². The largest absolute Gasteiger partial charge is 0.481 e. The minimum atomic E-state index is -0.755. The van der Waals surface area contributed by atoms with Gasteiger partial charge in [-0.05, 0) is 38.5 Å². The van der Waals surface area contributed by atoms with Gasteiger partial charge in [-0.2, -0.15) is 0 Å². The molecule has 0 radical (unpaired) electrons. The Bertz CT molecular complexity index is 277. The highest BCUT2D eigenvalue weighted by molar-refractivity contribution is 5.74. The molecule has 1 fully saturated rings. The van der Waals surface area contributed by atoms with Gasteiger partial charge in [0.05, 0.1) is 0 Å². The number of urea groups is 1. The lowest BCUT2D eigenvalue weighted by molar-refractivity contribution is -0.137. The standard InChI is InChI=1S/C13H24N2O3/c1-10(11-6-5-7-11)15-13(18)14-9-4-2-3-8-12(16)17/h10-11H,2-9H2,1H3,(H,16,17)(H2,14,15,18). The molecule has 0 aromatic rings. The van der Waals surface area contributed by atoms with Gasteiger partial charge in [0.1, 0.15) is 0 Å². The van der Waals surface area contributed by atoms with Gasteiger partial charge in [-0.15, -0.1) is 0 Å². The van der Waals surface area contributed by atoms with Crippen LogP contribution < -0.4 is 10.6 Å². The average Bonchev–Trinajstić information content (AvgIpc) is 2.19. The molecule has 1 saturated carbocycles. The number of carbonyl (C=O) groups is 2. The summed E-state index contributed by atoms with van der Waals surface area (Å²) in [7, 11) is 0. The summed E-state index contributed by atoms with van der Waals surface area (Å²) < 4.78 is 0. The fourth-order valence-corrected chi connectivity index (χ4v) is 2.10. The molecule has 1 rings (SSSR count). The number of carboxylic acid groups (broad SMARTS) is 1. The molecule has 5 heteroatoms. The molecule has 1 unspecified atom stereocenters. The zero-order valence-electron chi connectivity index (χ0n) is 11.1. The van der Waals surface area contributed by atoms with Crippen molar-refractivity contribution in [3.63, 3.8) is 0 Å². The predicted octanol–water partition coefficient (Wildman–Crippen LogP) is 2.12. The highest BCUT2D eigenvalue weighted by atomic mass is 16.4. The Morgan fingerprint density at radius 1 is 1.28 bits per heavy atom. The first-order valence-electron chi connectivity index (χ1n) is 6.85. The lowest BCUT2D eigenvalue weighted by atomic mass is 9.80. The summed E-state index contributed by atoms with van der Waals surface area (Å²) >= 11 is 0. The molecular weight excluding hydrogens is 232 g/mol. The second-order valence-electron chi connectivity index (χ2n) is 5.08. The van der Waals surface area contributed by atoms with Gasteiger partial charge in [0.25, 0.3) is 0 Å². The number of carboxylic acids is 1. The number of amides is 2. The van der Waals surface area contributed by atoms with E-state index in [4.69, 9.17) is 5.11 Å². The molecular formula is C13H24N2O3. The molecule has 0 aromatic heterocycles. The molecule has 5 nitrogen and oxygen atoms in total. The molecule has 2 amide bonds. The predicted molar refractivity (Wildman–Crippen MR) is 69.4 cm³/mol. The maximum atomic E-state index is 11.5. The van der Waals surface area contributed by atoms with Gasteiger partial charge in [0.2, 0.25) is 0 Å². The Morgan fingerprint density at radius 3 is 2.56 bits per heavy atom. The van der Waals surface area contributed by atoms with Crippen LogP contribution in [0.15, 0.2) is 0 Å². The van der Waals surface area contributed by atoms with Gasteiger partial charge < -0.3 is 15.7 Å². The van der Waals surface area contributed by atoms with Gasteiger partial charge in [0, 0.05) is 19.0 Å². The molecule has 0 bridgehead atoms. The van der Waals surface area contributed by atoms with E-state index in [1.165, 1.54) is 19.3 Å². The van der Waals surface area contributed by atoms with Crippen LogP contribution in [0, 0.1) is 5.92 Å². The number of hydrogen-bond acceptors (Lipinski definition) is 2. The van der Waals surface area contributed by atoms with Crippen molar-refractivity contribution in [2.24, 2.45) is 5.92 Å². The summed E-state index contributed by atoms with van der Waals surface area (Å²) in [5.41, 5.74) is 0. The Hall–Kier alpha value is -1.26. The highest BCUT2D eigenvalue weighted by Crippen LogP contribution is 2.29. The highest BCUT2D eigenvalue weighted by Gasteiger charge is 2.24. The first-order valence-corrected chi connectivity index (χ1v) is 6.85. The summed E-state index contributed by atoms with van der Waals surface area (Å²) in [6.45, 7) is 2.67. The lowest BCUT2D eigenvalue weighted by Crippen LogP contribution is -2.45. The quantitative estimate of drug-likeness (QED) is 0.582. The minimum absolute atomic E-state index is 0.104. The van der Waals surface area contributed by atoms with Gasteiger partial charge in [0.15, 0.2) is 0 Å². The zero-order valence-corrected chi connectivity index (χ0v) is 11.1. The van der Waals surface area contributed by atoms with Crippen molar-refractivity contribution < 1.29 is 14.7 Å². The summed E-state index contributed by atoms with van der Waals surface area (Å²) in [5, 5.41) is 14.2. The van der Waals surface area contributed by atoms with Crippen LogP contribution in [-0.2, 0) is 4.79 Å². The van der Waals surface area contributed by atoms with E-state index in [1.54, 1.807) is 0 Å². The lowest BCUT2D eigenvalue weighted by Gasteiger charge is -2.31. The first kappa shape index (κ1) is 14.8. The Balaban J connectivity index is 1.94. The fourth-order valence-electron chi connectivity index (χ4n) is 2.10. The van der Waals surface area contributed by atoms with Gasteiger partial charge in [-0.1, -0.05) is 12.8 Å². The Kier molecular flexibility index (Phi) is 6.54. The molecule has 0 heterocycles. The van der Waals surface area contributed by atoms with Crippen LogP contribution in [0.4, 0.5) is 4.79 Å². The van der Waals surface area contributed by atoms with Crippen LogP contribution in [0.5, 0.6) is 0 Å². The third kappa shape index (κ3) is 5.89. The number of carbonyl (C=O) groups excluding carboxylic acids is 1. The van der Waals surface area contributed by atoms with Crippen molar-refractivity contribution in [3.05, 3.63) is 0 Å². The summed E-state index contributed by atoms with van der Waals surface area (Å²) in [6.07, 6.45) is 6.28. The first-order chi connectivity index (χ1) is 8.59. The maximum absolute atomic E-state index is 11.5. The van der Waals surface area contributed by atoms with Crippen LogP contribution in [0.3, 0.4) is 0 Å². The second kappa shape index (κ2) is 7.95. The minimum Gasteiger partial charge on any atom is -0.481 e. The number of rotatable bonds is 8. The van der Waals surface area contributed by atoms with E-state index in [2.05, 4.69) is 17.6 Å². The van der Waals surface area contributed by atoms with Crippen molar-refractivity contribution >= 4 is 12.0 Å². The zero-order chi connectivity index (χ0) is 13.4. The van der Waals surface area contributed by atoms with Crippen molar-refractivity contribution in [1.29, 1.82) is 0 Å². The SMILES string of the molecule is CC(NC(=O)NCCCCCC(=O)O)C1CCC1. The van der Waals surface area contributed by atoms with E-state index in [0.717, 1.165) is 12.8 Å². The van der Waals surface area contributed by atoms with Crippen molar-refractivity contribution in [2.45, 2.75) is 57.9 Å². The number of hydrogen-bond donors (Lipinski definition) is 3. The number of unbranched alkanes of at least 4 members (excludes halogenated alkanes) is 2. The molecule has 3 N–H and O–H groups in total. The summed E-state index contributed by atoms with van der Waals surface area (Å²) in [4.78, 5) is 21.8. The third-order valence-electron chi connectivity index (χ3n) is 3.57. The second-order valence-corrected chi connectivity index (χ2v) is 5.08. The number of nitrogens with one attached hydrogen (secondary N) is 2. The van der Waals surface area contributed by atoms with E-state index in [9.17, 15) is 9.59 Å². The van der Waals surface area contributed by atoms with Crippen LogP contribution in [0.1, 0.15) is 51.9 Å². The van der Waals surface area contributed by atoms with E-state index in [-0.39, 0.29) is 18.5 Å². The smallest absolute Gasteiger partial charge is 0.315 e. The monoisotopic (exact) mass is 256 g/mol. The van der Waals surface area contributed by atoms with Gasteiger partial charge >= 0.3 is 12.0 Å². The van der Waals surface area contributed by atoms with Crippen LogP contribution in [-0.4, -0.2) is 29.7 Å². The van der Waals surface area contributed by atoms with Gasteiger partial charge in [-0.25, -0.2) is 4.79 Å². The molecule has 104 valence electrons.